The molecule has 0 bridgehead atoms. The predicted octanol–water partition coefficient (Wildman–Crippen LogP) is 1.68. The third kappa shape index (κ3) is 7.68. The van der Waals surface area contributed by atoms with E-state index in [1.807, 2.05) is 12.1 Å². The Bertz CT molecular complexity index is 785. The van der Waals surface area contributed by atoms with Crippen LogP contribution in [0.25, 0.3) is 0 Å². The summed E-state index contributed by atoms with van der Waals surface area (Å²) < 4.78 is 5.08. The molecular formula is C19H22N4O4S. The van der Waals surface area contributed by atoms with Gasteiger partial charge in [-0.05, 0) is 12.1 Å². The molecule has 1 aromatic carbocycles. The smallest absolute Gasteiger partial charge is 0.339 e. The van der Waals surface area contributed by atoms with Gasteiger partial charge in [-0.1, -0.05) is 12.1 Å². The van der Waals surface area contributed by atoms with Gasteiger partial charge in [-0.25, -0.2) is 4.79 Å². The number of nitrogens with zero attached hydrogens (tertiary/aromatic N) is 4. The minimum absolute atomic E-state index is 0.113. The Kier molecular flexibility index (Phi) is 10.2. The van der Waals surface area contributed by atoms with Crippen molar-refractivity contribution in [1.29, 1.82) is 10.5 Å². The SMILES string of the molecule is CN(CCC#N)C(=O)COC(=O)c1ccccc1SCC(=O)N(C)CCC#N. The molecule has 0 N–H and O–H groups in total. The fraction of sp³-hybridized carbons (Fsp3) is 0.421. The lowest BCUT2D eigenvalue weighted by atomic mass is 10.2. The maximum Gasteiger partial charge on any atom is 0.339 e. The van der Waals surface area contributed by atoms with Crippen LogP contribution >= 0.6 is 11.8 Å². The molecule has 0 atom stereocenters. The highest BCUT2D eigenvalue weighted by atomic mass is 32.2. The van der Waals surface area contributed by atoms with Crippen molar-refractivity contribution in [3.05, 3.63) is 29.8 Å². The highest BCUT2D eigenvalue weighted by Gasteiger charge is 2.17. The van der Waals surface area contributed by atoms with E-state index in [0.29, 0.717) is 11.4 Å². The fourth-order valence-corrected chi connectivity index (χ4v) is 2.99. The van der Waals surface area contributed by atoms with Gasteiger partial charge in [0.15, 0.2) is 6.61 Å². The number of ether oxygens (including phenoxy) is 1. The quantitative estimate of drug-likeness (QED) is 0.432. The Morgan fingerprint density at radius 3 is 2.18 bits per heavy atom. The maximum absolute atomic E-state index is 12.3. The van der Waals surface area contributed by atoms with Crippen LogP contribution in [0.1, 0.15) is 23.2 Å². The van der Waals surface area contributed by atoms with Crippen molar-refractivity contribution in [3.63, 3.8) is 0 Å². The molecule has 0 saturated heterocycles. The van der Waals surface area contributed by atoms with Crippen molar-refractivity contribution in [2.24, 2.45) is 0 Å². The molecule has 0 radical (unpaired) electrons. The molecule has 0 heterocycles. The minimum atomic E-state index is -0.657. The van der Waals surface area contributed by atoms with E-state index in [0.717, 1.165) is 0 Å². The number of carbonyl (C=O) groups excluding carboxylic acids is 3. The number of thioether (sulfide) groups is 1. The molecule has 0 aliphatic heterocycles. The van der Waals surface area contributed by atoms with Gasteiger partial charge in [-0.15, -0.1) is 11.8 Å². The van der Waals surface area contributed by atoms with E-state index in [9.17, 15) is 14.4 Å². The Labute approximate surface area is 168 Å². The van der Waals surface area contributed by atoms with Gasteiger partial charge in [0.05, 0.1) is 36.3 Å². The number of nitriles is 2. The molecule has 9 heteroatoms. The lowest BCUT2D eigenvalue weighted by molar-refractivity contribution is -0.133. The average Bonchev–Trinajstić information content (AvgIpc) is 2.71. The first kappa shape index (κ1) is 23.0. The molecule has 1 rings (SSSR count). The second kappa shape index (κ2) is 12.4. The lowest BCUT2D eigenvalue weighted by Gasteiger charge is -2.16. The highest BCUT2D eigenvalue weighted by Crippen LogP contribution is 2.23. The van der Waals surface area contributed by atoms with Crippen molar-refractivity contribution < 1.29 is 19.1 Å². The summed E-state index contributed by atoms with van der Waals surface area (Å²) in [5.74, 6) is -1.10. The summed E-state index contributed by atoms with van der Waals surface area (Å²) in [5.41, 5.74) is 0.271. The standard InChI is InChI=1S/C19H22N4O4S/c1-22(11-5-9-20)17(24)13-27-19(26)15-7-3-4-8-16(15)28-14-18(25)23(2)12-6-10-21/h3-4,7-8H,5-6,11-14H2,1-2H3. The molecule has 0 spiro atoms. The molecule has 0 fully saturated rings. The van der Waals surface area contributed by atoms with Crippen LogP contribution in [-0.4, -0.2) is 67.1 Å². The van der Waals surface area contributed by atoms with Crippen LogP contribution in [0, 0.1) is 22.7 Å². The van der Waals surface area contributed by atoms with E-state index < -0.39 is 18.5 Å². The van der Waals surface area contributed by atoms with Gasteiger partial charge in [0.25, 0.3) is 5.91 Å². The second-order valence-electron chi connectivity index (χ2n) is 5.81. The van der Waals surface area contributed by atoms with E-state index in [1.165, 1.54) is 28.6 Å². The zero-order valence-corrected chi connectivity index (χ0v) is 16.7. The van der Waals surface area contributed by atoms with Crippen molar-refractivity contribution in [2.45, 2.75) is 17.7 Å². The number of carbonyl (C=O) groups is 3. The van der Waals surface area contributed by atoms with E-state index >= 15 is 0 Å². The molecule has 0 aromatic heterocycles. The molecule has 0 unspecified atom stereocenters. The maximum atomic E-state index is 12.3. The van der Waals surface area contributed by atoms with Gasteiger partial charge < -0.3 is 14.5 Å². The van der Waals surface area contributed by atoms with E-state index in [4.69, 9.17) is 15.3 Å². The third-order valence-electron chi connectivity index (χ3n) is 3.75. The first-order chi connectivity index (χ1) is 13.4. The van der Waals surface area contributed by atoms with Gasteiger partial charge in [-0.2, -0.15) is 10.5 Å². The average molecular weight is 402 g/mol. The molecule has 2 amide bonds. The van der Waals surface area contributed by atoms with Gasteiger partial charge in [0.1, 0.15) is 0 Å². The summed E-state index contributed by atoms with van der Waals surface area (Å²) in [5, 5.41) is 17.1. The Morgan fingerprint density at radius 1 is 1.00 bits per heavy atom. The molecule has 28 heavy (non-hydrogen) atoms. The monoisotopic (exact) mass is 402 g/mol. The van der Waals surface area contributed by atoms with Crippen LogP contribution in [0.3, 0.4) is 0 Å². The number of likely N-dealkylation sites (N-methyl/N-ethyl adjacent to an activating group) is 1. The van der Waals surface area contributed by atoms with E-state index in [1.54, 1.807) is 31.3 Å². The molecule has 0 aliphatic carbocycles. The topological polar surface area (TPSA) is 114 Å². The number of esters is 1. The van der Waals surface area contributed by atoms with Gasteiger partial charge in [0.2, 0.25) is 5.91 Å². The Balaban J connectivity index is 2.64. The Morgan fingerprint density at radius 2 is 1.57 bits per heavy atom. The van der Waals surface area contributed by atoms with Gasteiger partial charge in [0, 0.05) is 32.1 Å². The van der Waals surface area contributed by atoms with Crippen LogP contribution in [-0.2, 0) is 14.3 Å². The number of benzene rings is 1. The number of rotatable bonds is 10. The fourth-order valence-electron chi connectivity index (χ4n) is 2.01. The number of amides is 2. The summed E-state index contributed by atoms with van der Waals surface area (Å²) >= 11 is 1.19. The summed E-state index contributed by atoms with van der Waals surface area (Å²) in [6.45, 7) is 0.192. The number of hydrogen-bond donors (Lipinski definition) is 0. The van der Waals surface area contributed by atoms with Crippen molar-refractivity contribution in [2.75, 3.05) is 39.5 Å². The van der Waals surface area contributed by atoms with Crippen LogP contribution in [0.4, 0.5) is 0 Å². The zero-order chi connectivity index (χ0) is 20.9. The van der Waals surface area contributed by atoms with E-state index in [2.05, 4.69) is 0 Å². The van der Waals surface area contributed by atoms with Crippen LogP contribution in [0.15, 0.2) is 29.2 Å². The third-order valence-corrected chi connectivity index (χ3v) is 4.81. The first-order valence-electron chi connectivity index (χ1n) is 8.51. The number of hydrogen-bond acceptors (Lipinski definition) is 7. The van der Waals surface area contributed by atoms with Crippen molar-refractivity contribution in [1.82, 2.24) is 9.80 Å². The Hall–Kier alpha value is -3.04. The molecular weight excluding hydrogens is 380 g/mol. The van der Waals surface area contributed by atoms with Crippen molar-refractivity contribution in [3.8, 4) is 12.1 Å². The highest BCUT2D eigenvalue weighted by molar-refractivity contribution is 8.00. The first-order valence-corrected chi connectivity index (χ1v) is 9.50. The van der Waals surface area contributed by atoms with Gasteiger partial charge >= 0.3 is 5.97 Å². The molecule has 0 saturated carbocycles. The van der Waals surface area contributed by atoms with Gasteiger partial charge in [-0.3, -0.25) is 9.59 Å². The molecule has 0 aliphatic rings. The summed E-state index contributed by atoms with van der Waals surface area (Å²) in [6.07, 6.45) is 0.458. The summed E-state index contributed by atoms with van der Waals surface area (Å²) in [7, 11) is 3.15. The molecule has 148 valence electrons. The predicted molar refractivity (Wildman–Crippen MR) is 103 cm³/mol. The van der Waals surface area contributed by atoms with Crippen molar-refractivity contribution >= 4 is 29.5 Å². The summed E-state index contributed by atoms with van der Waals surface area (Å²) in [6, 6.07) is 10.6. The second-order valence-corrected chi connectivity index (χ2v) is 6.82. The largest absolute Gasteiger partial charge is 0.452 e. The zero-order valence-electron chi connectivity index (χ0n) is 15.9. The van der Waals surface area contributed by atoms with Crippen LogP contribution in [0.2, 0.25) is 0 Å². The van der Waals surface area contributed by atoms with E-state index in [-0.39, 0.29) is 36.6 Å². The molecule has 8 nitrogen and oxygen atoms in total. The van der Waals surface area contributed by atoms with Crippen LogP contribution < -0.4 is 0 Å². The van der Waals surface area contributed by atoms with Crippen LogP contribution in [0.5, 0.6) is 0 Å². The summed E-state index contributed by atoms with van der Waals surface area (Å²) in [4.78, 5) is 39.7. The normalized spacial score (nSPS) is 9.71. The molecule has 1 aromatic rings. The minimum Gasteiger partial charge on any atom is -0.452 e. The lowest BCUT2D eigenvalue weighted by Crippen LogP contribution is -2.32.